The Morgan fingerprint density at radius 1 is 0.757 bits per heavy atom. The van der Waals surface area contributed by atoms with Crippen molar-refractivity contribution in [3.8, 4) is 5.75 Å². The molecule has 0 bridgehead atoms. The van der Waals surface area contributed by atoms with E-state index in [2.05, 4.69) is 19.1 Å². The summed E-state index contributed by atoms with van der Waals surface area (Å²) in [5, 5.41) is 0.535. The number of amides is 2. The number of carbonyl (C=O) groups excluding carboxylic acids is 4. The SMILES string of the molecule is CCCCCCCC/C=C\CCCCCCCC(=O)Oc1ccc(CC(=O)ON2C(=O)CCC2=O)cc1. The minimum Gasteiger partial charge on any atom is -0.427 e. The molecule has 7 heteroatoms. The molecule has 1 aromatic carbocycles. The van der Waals surface area contributed by atoms with Crippen molar-refractivity contribution in [1.29, 1.82) is 0 Å². The van der Waals surface area contributed by atoms with Crippen molar-refractivity contribution in [2.45, 2.75) is 116 Å². The predicted molar refractivity (Wildman–Crippen MR) is 142 cm³/mol. The summed E-state index contributed by atoms with van der Waals surface area (Å²) in [6.45, 7) is 2.25. The van der Waals surface area contributed by atoms with E-state index in [4.69, 9.17) is 9.57 Å². The Balaban J connectivity index is 1.48. The Kier molecular flexibility index (Phi) is 15.0. The van der Waals surface area contributed by atoms with Crippen LogP contribution in [0.15, 0.2) is 36.4 Å². The summed E-state index contributed by atoms with van der Waals surface area (Å²) < 4.78 is 5.37. The summed E-state index contributed by atoms with van der Waals surface area (Å²) in [7, 11) is 0. The average Bonchev–Trinajstić information content (AvgIpc) is 3.19. The standard InChI is InChI=1S/C30H43NO6/c1-2-3-4-5-6-7-8-9-10-11-12-13-14-15-16-17-29(34)36-26-20-18-25(19-21-26)24-30(35)37-31-27(32)22-23-28(31)33/h9-10,18-21H,2-8,11-17,22-24H2,1H3/b10-9-. The monoisotopic (exact) mass is 513 g/mol. The van der Waals surface area contributed by atoms with Gasteiger partial charge in [-0.1, -0.05) is 82.6 Å². The number of imide groups is 1. The Bertz CT molecular complexity index is 861. The highest BCUT2D eigenvalue weighted by Gasteiger charge is 2.32. The first kappa shape index (κ1) is 30.3. The summed E-state index contributed by atoms with van der Waals surface area (Å²) >= 11 is 0. The second-order valence-corrected chi connectivity index (χ2v) is 9.67. The zero-order chi connectivity index (χ0) is 26.7. The van der Waals surface area contributed by atoms with Crippen LogP contribution in [0.2, 0.25) is 0 Å². The molecule has 1 aliphatic rings. The van der Waals surface area contributed by atoms with E-state index in [9.17, 15) is 19.2 Å². The molecule has 1 fully saturated rings. The fraction of sp³-hybridized carbons (Fsp3) is 0.600. The fourth-order valence-electron chi connectivity index (χ4n) is 4.16. The van der Waals surface area contributed by atoms with Gasteiger partial charge in [-0.2, -0.15) is 0 Å². The normalized spacial score (nSPS) is 13.5. The maximum absolute atomic E-state index is 12.1. The van der Waals surface area contributed by atoms with Crippen LogP contribution in [0, 0.1) is 0 Å². The van der Waals surface area contributed by atoms with Gasteiger partial charge in [-0.15, -0.1) is 5.06 Å². The van der Waals surface area contributed by atoms with Crippen molar-refractivity contribution in [2.24, 2.45) is 0 Å². The van der Waals surface area contributed by atoms with Gasteiger partial charge in [0.05, 0.1) is 6.42 Å². The van der Waals surface area contributed by atoms with Crippen LogP contribution in [-0.2, 0) is 30.4 Å². The lowest BCUT2D eigenvalue weighted by molar-refractivity contribution is -0.197. The number of nitrogens with zero attached hydrogens (tertiary/aromatic N) is 1. The van der Waals surface area contributed by atoms with E-state index in [0.717, 1.165) is 25.7 Å². The first-order chi connectivity index (χ1) is 18.0. The summed E-state index contributed by atoms with van der Waals surface area (Å²) in [5.41, 5.74) is 0.626. The number of ether oxygens (including phenoxy) is 1. The van der Waals surface area contributed by atoms with E-state index in [1.165, 1.54) is 57.8 Å². The molecule has 1 aromatic rings. The average molecular weight is 514 g/mol. The third-order valence-corrected chi connectivity index (χ3v) is 6.35. The molecule has 0 saturated carbocycles. The number of rotatable bonds is 19. The number of benzene rings is 1. The quantitative estimate of drug-likeness (QED) is 0.0666. The summed E-state index contributed by atoms with van der Waals surface area (Å²) in [6, 6.07) is 6.54. The van der Waals surface area contributed by atoms with Gasteiger partial charge in [0.2, 0.25) is 0 Å². The van der Waals surface area contributed by atoms with Crippen molar-refractivity contribution in [3.05, 3.63) is 42.0 Å². The Morgan fingerprint density at radius 2 is 1.30 bits per heavy atom. The first-order valence-corrected chi connectivity index (χ1v) is 14.0. The third kappa shape index (κ3) is 13.2. The van der Waals surface area contributed by atoms with E-state index in [1.54, 1.807) is 24.3 Å². The Labute approximate surface area is 221 Å². The molecule has 1 heterocycles. The van der Waals surface area contributed by atoms with Gasteiger partial charge in [0.15, 0.2) is 0 Å². The second-order valence-electron chi connectivity index (χ2n) is 9.67. The maximum atomic E-state index is 12.1. The molecule has 2 amide bonds. The molecular weight excluding hydrogens is 470 g/mol. The first-order valence-electron chi connectivity index (χ1n) is 14.0. The smallest absolute Gasteiger partial charge is 0.337 e. The van der Waals surface area contributed by atoms with Gasteiger partial charge in [-0.05, 0) is 49.8 Å². The number of carbonyl (C=O) groups is 4. The highest BCUT2D eigenvalue weighted by molar-refractivity contribution is 6.01. The van der Waals surface area contributed by atoms with Crippen LogP contribution in [-0.4, -0.2) is 28.8 Å². The summed E-state index contributed by atoms with van der Waals surface area (Å²) in [5.74, 6) is -1.56. The van der Waals surface area contributed by atoms with Gasteiger partial charge in [-0.25, -0.2) is 4.79 Å². The Hall–Kier alpha value is -2.96. The van der Waals surface area contributed by atoms with E-state index in [1.807, 2.05) is 0 Å². The molecule has 0 atom stereocenters. The Morgan fingerprint density at radius 3 is 1.89 bits per heavy atom. The molecule has 1 saturated heterocycles. The van der Waals surface area contributed by atoms with E-state index >= 15 is 0 Å². The minimum atomic E-state index is -0.697. The molecule has 37 heavy (non-hydrogen) atoms. The molecule has 0 unspecified atom stereocenters. The number of unbranched alkanes of at least 4 members (excludes halogenated alkanes) is 11. The molecule has 1 aliphatic heterocycles. The van der Waals surface area contributed by atoms with Crippen LogP contribution in [0.1, 0.15) is 115 Å². The zero-order valence-corrected chi connectivity index (χ0v) is 22.4. The van der Waals surface area contributed by atoms with Gasteiger partial charge >= 0.3 is 11.9 Å². The molecule has 2 rings (SSSR count). The number of esters is 1. The lowest BCUT2D eigenvalue weighted by Crippen LogP contribution is -2.32. The van der Waals surface area contributed by atoms with Gasteiger partial charge in [0.25, 0.3) is 11.8 Å². The second kappa shape index (κ2) is 18.3. The molecule has 204 valence electrons. The van der Waals surface area contributed by atoms with E-state index < -0.39 is 17.8 Å². The van der Waals surface area contributed by atoms with Crippen LogP contribution in [0.25, 0.3) is 0 Å². The number of hydrogen-bond donors (Lipinski definition) is 0. The molecule has 0 N–H and O–H groups in total. The molecular formula is C30H43NO6. The predicted octanol–water partition coefficient (Wildman–Crippen LogP) is 6.78. The van der Waals surface area contributed by atoms with Gasteiger partial charge < -0.3 is 9.57 Å². The van der Waals surface area contributed by atoms with Gasteiger partial charge in [-0.3, -0.25) is 14.4 Å². The van der Waals surface area contributed by atoms with E-state index in [-0.39, 0.29) is 25.2 Å². The summed E-state index contributed by atoms with van der Waals surface area (Å²) in [4.78, 5) is 52.0. The zero-order valence-electron chi connectivity index (χ0n) is 22.4. The van der Waals surface area contributed by atoms with Gasteiger partial charge in [0, 0.05) is 19.3 Å². The van der Waals surface area contributed by atoms with Crippen LogP contribution in [0.3, 0.4) is 0 Å². The lowest BCUT2D eigenvalue weighted by Gasteiger charge is -2.12. The van der Waals surface area contributed by atoms with Crippen LogP contribution in [0.5, 0.6) is 5.75 Å². The highest BCUT2D eigenvalue weighted by Crippen LogP contribution is 2.17. The largest absolute Gasteiger partial charge is 0.427 e. The van der Waals surface area contributed by atoms with Crippen LogP contribution >= 0.6 is 0 Å². The van der Waals surface area contributed by atoms with E-state index in [0.29, 0.717) is 22.8 Å². The topological polar surface area (TPSA) is 90.0 Å². The van der Waals surface area contributed by atoms with Crippen molar-refractivity contribution in [2.75, 3.05) is 0 Å². The molecule has 0 aliphatic carbocycles. The fourth-order valence-corrected chi connectivity index (χ4v) is 4.16. The summed E-state index contributed by atoms with van der Waals surface area (Å²) in [6.07, 6.45) is 20.8. The molecule has 7 nitrogen and oxygen atoms in total. The third-order valence-electron chi connectivity index (χ3n) is 6.35. The van der Waals surface area contributed by atoms with Crippen LogP contribution < -0.4 is 4.74 Å². The highest BCUT2D eigenvalue weighted by atomic mass is 16.7. The van der Waals surface area contributed by atoms with Gasteiger partial charge in [0.1, 0.15) is 5.75 Å². The van der Waals surface area contributed by atoms with Crippen molar-refractivity contribution in [3.63, 3.8) is 0 Å². The number of hydrogen-bond acceptors (Lipinski definition) is 6. The number of hydroxylamine groups is 2. The minimum absolute atomic E-state index is 0.0587. The lowest BCUT2D eigenvalue weighted by atomic mass is 10.1. The number of allylic oxidation sites excluding steroid dienone is 2. The van der Waals surface area contributed by atoms with Crippen LogP contribution in [0.4, 0.5) is 0 Å². The maximum Gasteiger partial charge on any atom is 0.337 e. The van der Waals surface area contributed by atoms with Crippen molar-refractivity contribution in [1.82, 2.24) is 5.06 Å². The van der Waals surface area contributed by atoms with Crippen molar-refractivity contribution < 1.29 is 28.8 Å². The molecule has 0 aromatic heterocycles. The molecule has 0 radical (unpaired) electrons. The van der Waals surface area contributed by atoms with Crippen molar-refractivity contribution >= 4 is 23.8 Å². The molecule has 0 spiro atoms.